The molecule has 0 saturated carbocycles. The summed E-state index contributed by atoms with van der Waals surface area (Å²) in [5.41, 5.74) is 17.2. The molecule has 4 aliphatic heterocycles. The van der Waals surface area contributed by atoms with Crippen LogP contribution in [0.15, 0.2) is 49.1 Å². The molecule has 0 unspecified atom stereocenters. The van der Waals surface area contributed by atoms with Gasteiger partial charge in [-0.05, 0) is 72.9 Å². The predicted molar refractivity (Wildman–Crippen MR) is 260 cm³/mol. The maximum Gasteiger partial charge on any atom is 0.320 e. The zero-order chi connectivity index (χ0) is 49.1. The van der Waals surface area contributed by atoms with Gasteiger partial charge in [0.2, 0.25) is 11.8 Å². The van der Waals surface area contributed by atoms with E-state index < -0.39 is 23.7 Å². The Morgan fingerprint density at radius 2 is 1.06 bits per heavy atom. The number of pyridine rings is 4. The number of halogens is 2. The maximum absolute atomic E-state index is 15.3. The van der Waals surface area contributed by atoms with Crippen molar-refractivity contribution in [2.24, 2.45) is 0 Å². The summed E-state index contributed by atoms with van der Waals surface area (Å²) in [4.78, 5) is 42.4. The van der Waals surface area contributed by atoms with Crippen molar-refractivity contribution in [3.8, 4) is 34.0 Å². The lowest BCUT2D eigenvalue weighted by Crippen LogP contribution is -2.50. The van der Waals surface area contributed by atoms with Gasteiger partial charge in [0, 0.05) is 98.3 Å². The fourth-order valence-corrected chi connectivity index (χ4v) is 8.97. The Morgan fingerprint density at radius 1 is 0.629 bits per heavy atom. The molecule has 0 aliphatic carbocycles. The summed E-state index contributed by atoms with van der Waals surface area (Å²) in [6.45, 7) is 8.02. The molecule has 0 radical (unpaired) electrons. The van der Waals surface area contributed by atoms with Gasteiger partial charge in [0.25, 0.3) is 0 Å². The summed E-state index contributed by atoms with van der Waals surface area (Å²) >= 11 is 0. The molecule has 368 valence electrons. The van der Waals surface area contributed by atoms with Crippen LogP contribution in [0.5, 0.6) is 11.8 Å². The smallest absolute Gasteiger partial charge is 0.320 e. The number of benzene rings is 2. The van der Waals surface area contributed by atoms with Crippen LogP contribution in [0.4, 0.5) is 52.8 Å². The molecule has 22 heteroatoms. The van der Waals surface area contributed by atoms with Gasteiger partial charge in [-0.2, -0.15) is 0 Å². The van der Waals surface area contributed by atoms with Crippen molar-refractivity contribution in [3.05, 3.63) is 71.8 Å². The summed E-state index contributed by atoms with van der Waals surface area (Å²) in [5.74, 6) is 0.503. The van der Waals surface area contributed by atoms with Gasteiger partial charge in [-0.15, -0.1) is 0 Å². The molecule has 2 saturated heterocycles. The number of anilines is 6. The Bertz CT molecular complexity index is 2770. The number of methoxy groups -OCH3 is 2. The lowest BCUT2D eigenvalue weighted by molar-refractivity contribution is -0.0466. The number of aromatic nitrogens is 4. The van der Waals surface area contributed by atoms with Crippen LogP contribution in [0.3, 0.4) is 0 Å². The van der Waals surface area contributed by atoms with Crippen molar-refractivity contribution in [1.82, 2.24) is 30.6 Å². The van der Waals surface area contributed by atoms with Gasteiger partial charge in [0.05, 0.1) is 36.7 Å². The normalized spacial score (nSPS) is 19.4. The molecule has 10 N–H and O–H groups in total. The maximum atomic E-state index is 15.3. The van der Waals surface area contributed by atoms with Crippen LogP contribution in [0.2, 0.25) is 0 Å². The molecule has 6 aromatic rings. The van der Waals surface area contributed by atoms with Crippen LogP contribution < -0.4 is 52.8 Å². The van der Waals surface area contributed by atoms with E-state index in [4.69, 9.17) is 39.9 Å². The molecular formula is C48H54F2N12O8. The SMILES string of the molecule is CO[C@@H]1COCC[C@@H]1NC(=O)Nc1cc2cc(-c3cnc4c(c3C)NCCO4)c(F)c(N)c2cn1.CO[C@H]1COCC[C@H]1NC(=O)Nc1cc2cc(-c3cnc4c(c3C)NCCO4)c(F)c(N)c2cn1. The highest BCUT2D eigenvalue weighted by atomic mass is 19.1. The van der Waals surface area contributed by atoms with Gasteiger partial charge in [-0.1, -0.05) is 0 Å². The molecule has 10 rings (SSSR count). The third kappa shape index (κ3) is 9.75. The van der Waals surface area contributed by atoms with Crippen LogP contribution in [0.25, 0.3) is 43.8 Å². The van der Waals surface area contributed by atoms with E-state index in [2.05, 4.69) is 51.8 Å². The number of nitrogens with zero attached hydrogens (tertiary/aromatic N) is 4. The van der Waals surface area contributed by atoms with Crippen molar-refractivity contribution < 1.29 is 46.8 Å². The number of hydrogen-bond donors (Lipinski definition) is 8. The van der Waals surface area contributed by atoms with E-state index in [1.54, 1.807) is 50.9 Å². The minimum absolute atomic E-state index is 0.0209. The number of carbonyl (C=O) groups is 2. The van der Waals surface area contributed by atoms with Crippen LogP contribution in [0.1, 0.15) is 24.0 Å². The number of amides is 4. The Labute approximate surface area is 400 Å². The molecule has 2 fully saturated rings. The number of urea groups is 2. The highest BCUT2D eigenvalue weighted by Gasteiger charge is 2.29. The van der Waals surface area contributed by atoms with Gasteiger partial charge in [0.15, 0.2) is 11.6 Å². The van der Waals surface area contributed by atoms with Gasteiger partial charge in [0.1, 0.15) is 48.4 Å². The molecule has 20 nitrogen and oxygen atoms in total. The van der Waals surface area contributed by atoms with Crippen LogP contribution >= 0.6 is 0 Å². The first-order valence-electron chi connectivity index (χ1n) is 22.8. The highest BCUT2D eigenvalue weighted by Crippen LogP contribution is 2.41. The predicted octanol–water partition coefficient (Wildman–Crippen LogP) is 6.11. The minimum atomic E-state index is -0.551. The molecule has 4 atom stereocenters. The minimum Gasteiger partial charge on any atom is -0.474 e. The third-order valence-corrected chi connectivity index (χ3v) is 12.8. The number of rotatable bonds is 8. The summed E-state index contributed by atoms with van der Waals surface area (Å²) in [7, 11) is 3.17. The molecule has 70 heavy (non-hydrogen) atoms. The topological polar surface area (TPSA) is 265 Å². The second-order valence-electron chi connectivity index (χ2n) is 17.1. The van der Waals surface area contributed by atoms with Gasteiger partial charge in [-0.3, -0.25) is 10.6 Å². The largest absolute Gasteiger partial charge is 0.474 e. The summed E-state index contributed by atoms with van der Waals surface area (Å²) < 4.78 is 63.4. The van der Waals surface area contributed by atoms with Crippen molar-refractivity contribution in [2.75, 3.05) is 99.7 Å². The van der Waals surface area contributed by atoms with E-state index in [0.29, 0.717) is 133 Å². The van der Waals surface area contributed by atoms with Gasteiger partial charge in [-0.25, -0.2) is 38.3 Å². The van der Waals surface area contributed by atoms with Crippen molar-refractivity contribution in [3.63, 3.8) is 0 Å². The number of ether oxygens (including phenoxy) is 6. The van der Waals surface area contributed by atoms with Crippen molar-refractivity contribution in [2.45, 2.75) is 51.0 Å². The Kier molecular flexibility index (Phi) is 14.1. The van der Waals surface area contributed by atoms with Gasteiger partial charge < -0.3 is 61.2 Å². The molecule has 4 aromatic heterocycles. The Morgan fingerprint density at radius 3 is 1.47 bits per heavy atom. The second-order valence-corrected chi connectivity index (χ2v) is 17.1. The van der Waals surface area contributed by atoms with E-state index in [1.807, 2.05) is 13.8 Å². The van der Waals surface area contributed by atoms with Crippen LogP contribution in [-0.2, 0) is 18.9 Å². The lowest BCUT2D eigenvalue weighted by atomic mass is 9.97. The zero-order valence-corrected chi connectivity index (χ0v) is 39.0. The molecule has 4 aliphatic rings. The summed E-state index contributed by atoms with van der Waals surface area (Å²) in [6.07, 6.45) is 6.90. The standard InChI is InChI=1S/2C24H27FN6O4/c2*1-12-15(9-29-23-22(12)27-4-6-35-23)14-7-13-8-19(28-10-16(13)21(26)20(14)25)31-24(32)30-17-3-5-34-11-18(17)33-2/h2*7-10,17-18,27H,3-6,11,26H2,1-2H3,(H2,28,30,31,32)/t2*17-,18+/m10/s1. The molecule has 0 spiro atoms. The monoisotopic (exact) mass is 964 g/mol. The van der Waals surface area contributed by atoms with Crippen molar-refractivity contribution >= 4 is 68.0 Å². The van der Waals surface area contributed by atoms with Crippen LogP contribution in [0, 0.1) is 25.5 Å². The zero-order valence-electron chi connectivity index (χ0n) is 39.0. The average molecular weight is 965 g/mol. The van der Waals surface area contributed by atoms with Gasteiger partial charge >= 0.3 is 12.1 Å². The quantitative estimate of drug-likeness (QED) is 0.0800. The number of nitrogens with two attached hydrogens (primary N) is 2. The lowest BCUT2D eigenvalue weighted by Gasteiger charge is -2.30. The van der Waals surface area contributed by atoms with Crippen molar-refractivity contribution in [1.29, 1.82) is 0 Å². The number of fused-ring (bicyclic) bond motifs is 4. The van der Waals surface area contributed by atoms with E-state index >= 15 is 8.78 Å². The molecule has 2 aromatic carbocycles. The van der Waals surface area contributed by atoms with E-state index in [-0.39, 0.29) is 35.7 Å². The Hall–Kier alpha value is -7.40. The molecule has 0 bridgehead atoms. The molecule has 4 amide bonds. The third-order valence-electron chi connectivity index (χ3n) is 12.8. The molecular weight excluding hydrogens is 911 g/mol. The number of nitrogens with one attached hydrogen (secondary N) is 6. The first-order valence-corrected chi connectivity index (χ1v) is 22.8. The first kappa shape index (κ1) is 47.7. The second kappa shape index (κ2) is 20.7. The summed E-state index contributed by atoms with van der Waals surface area (Å²) in [6, 6.07) is 5.51. The van der Waals surface area contributed by atoms with E-state index in [9.17, 15) is 9.59 Å². The van der Waals surface area contributed by atoms with E-state index in [1.165, 1.54) is 12.4 Å². The fraction of sp³-hybridized carbons (Fsp3) is 0.375. The average Bonchev–Trinajstić information content (AvgIpc) is 3.37. The summed E-state index contributed by atoms with van der Waals surface area (Å²) in [5, 5.41) is 20.0. The molecule has 8 heterocycles. The number of carbonyl (C=O) groups excluding carboxylic acids is 2. The number of hydrogen-bond acceptors (Lipinski definition) is 16. The Balaban J connectivity index is 0.000000174. The van der Waals surface area contributed by atoms with E-state index in [0.717, 1.165) is 22.5 Å². The highest BCUT2D eigenvalue weighted by molar-refractivity contribution is 6.01. The first-order chi connectivity index (χ1) is 33.9. The number of nitrogen functional groups attached to an aromatic ring is 2. The van der Waals surface area contributed by atoms with Crippen LogP contribution in [-0.4, -0.2) is 123 Å². The fourth-order valence-electron chi connectivity index (χ4n) is 8.97.